The number of benzene rings is 1. The van der Waals surface area contributed by atoms with E-state index in [1.807, 2.05) is 0 Å². The molecule has 2 atom stereocenters. The molecule has 1 saturated heterocycles. The Bertz CT molecular complexity index is 1210. The van der Waals surface area contributed by atoms with Crippen LogP contribution in [-0.2, 0) is 14.3 Å². The Hall–Kier alpha value is -3.97. The minimum absolute atomic E-state index is 0.0699. The summed E-state index contributed by atoms with van der Waals surface area (Å²) < 4.78 is 36.7. The normalized spacial score (nSPS) is 17.3. The summed E-state index contributed by atoms with van der Waals surface area (Å²) in [5.41, 5.74) is 0.488. The maximum atomic E-state index is 14.0. The molecule has 0 radical (unpaired) electrons. The Morgan fingerprint density at radius 2 is 1.97 bits per heavy atom. The highest BCUT2D eigenvalue weighted by Gasteiger charge is 2.40. The molecular formula is C19H15F2N5O6. The molecule has 166 valence electrons. The molecule has 2 aromatic heterocycles. The zero-order chi connectivity index (χ0) is 22.8. The molecule has 4 rings (SSSR count). The van der Waals surface area contributed by atoms with E-state index in [0.717, 1.165) is 17.0 Å². The van der Waals surface area contributed by atoms with Crippen LogP contribution in [0.2, 0.25) is 0 Å². The summed E-state index contributed by atoms with van der Waals surface area (Å²) in [5, 5.41) is 16.3. The zero-order valence-electron chi connectivity index (χ0n) is 16.1. The van der Waals surface area contributed by atoms with Crippen LogP contribution < -0.4 is 16.0 Å². The van der Waals surface area contributed by atoms with Gasteiger partial charge in [-0.25, -0.2) is 4.79 Å². The van der Waals surface area contributed by atoms with Crippen molar-refractivity contribution in [3.05, 3.63) is 58.8 Å². The number of aromatic amines is 1. The molecule has 1 fully saturated rings. The molecule has 2 amide bonds. The lowest BCUT2D eigenvalue weighted by molar-refractivity contribution is -0.150. The van der Waals surface area contributed by atoms with Gasteiger partial charge in [-0.05, 0) is 36.4 Å². The van der Waals surface area contributed by atoms with Gasteiger partial charge in [0.05, 0.1) is 12.3 Å². The van der Waals surface area contributed by atoms with E-state index in [2.05, 4.69) is 25.0 Å². The Morgan fingerprint density at radius 3 is 2.62 bits per heavy atom. The SMILES string of the molecule is O=C(Nc1ccc(-c2noc(=O)[nH]2)cc1)[C@H](O)[C@H]1OCCN(c2ccc(F)nc2F)C1=O. The quantitative estimate of drug-likeness (QED) is 0.477. The lowest BCUT2D eigenvalue weighted by Gasteiger charge is -2.33. The molecule has 3 heterocycles. The standard InChI is InChI=1S/C19H15F2N5O6/c20-12-6-5-11(15(21)23-12)26-7-8-31-14(18(26)29)13(27)17(28)22-10-3-1-9(2-4-10)16-24-19(30)32-25-16/h1-6,13-14,27H,7-8H2,(H,22,28)(H,24,25,30)/t13-,14-/m1/s1. The van der Waals surface area contributed by atoms with Crippen LogP contribution in [0.1, 0.15) is 0 Å². The number of halogens is 2. The number of rotatable bonds is 5. The van der Waals surface area contributed by atoms with Crippen molar-refractivity contribution in [1.82, 2.24) is 15.1 Å². The Balaban J connectivity index is 1.45. The fourth-order valence-corrected chi connectivity index (χ4v) is 3.10. The van der Waals surface area contributed by atoms with E-state index >= 15 is 0 Å². The summed E-state index contributed by atoms with van der Waals surface area (Å²) >= 11 is 0. The number of carbonyl (C=O) groups is 2. The maximum Gasteiger partial charge on any atom is 0.439 e. The molecule has 1 aliphatic heterocycles. The van der Waals surface area contributed by atoms with Gasteiger partial charge in [-0.15, -0.1) is 0 Å². The highest BCUT2D eigenvalue weighted by molar-refractivity contribution is 6.03. The number of morpholine rings is 1. The summed E-state index contributed by atoms with van der Waals surface area (Å²) in [5.74, 6) is -4.60. The second-order valence-electron chi connectivity index (χ2n) is 6.68. The number of aliphatic hydroxyl groups is 1. The average molecular weight is 447 g/mol. The highest BCUT2D eigenvalue weighted by atomic mass is 19.1. The third-order valence-corrected chi connectivity index (χ3v) is 4.63. The molecular weight excluding hydrogens is 432 g/mol. The van der Waals surface area contributed by atoms with Crippen LogP contribution in [-0.4, -0.2) is 57.4 Å². The van der Waals surface area contributed by atoms with Crippen LogP contribution >= 0.6 is 0 Å². The number of carbonyl (C=O) groups excluding carboxylic acids is 2. The number of H-pyrrole nitrogens is 1. The van der Waals surface area contributed by atoms with Crippen molar-refractivity contribution in [2.75, 3.05) is 23.4 Å². The first-order chi connectivity index (χ1) is 15.3. The number of hydrogen-bond donors (Lipinski definition) is 3. The molecule has 13 heteroatoms. The number of anilines is 2. The van der Waals surface area contributed by atoms with Gasteiger partial charge in [0.25, 0.3) is 11.8 Å². The van der Waals surface area contributed by atoms with E-state index in [1.54, 1.807) is 0 Å². The second kappa shape index (κ2) is 8.64. The fraction of sp³-hybridized carbons (Fsp3) is 0.211. The van der Waals surface area contributed by atoms with Gasteiger partial charge in [-0.1, -0.05) is 5.16 Å². The number of pyridine rings is 1. The molecule has 3 aromatic rings. The van der Waals surface area contributed by atoms with Crippen LogP contribution in [0, 0.1) is 11.9 Å². The molecule has 0 aliphatic carbocycles. The number of amides is 2. The second-order valence-corrected chi connectivity index (χ2v) is 6.68. The predicted molar refractivity (Wildman–Crippen MR) is 103 cm³/mol. The van der Waals surface area contributed by atoms with E-state index in [4.69, 9.17) is 4.74 Å². The van der Waals surface area contributed by atoms with Crippen molar-refractivity contribution in [1.29, 1.82) is 0 Å². The van der Waals surface area contributed by atoms with Gasteiger partial charge in [0.1, 0.15) is 0 Å². The summed E-state index contributed by atoms with van der Waals surface area (Å²) in [6, 6.07) is 7.94. The largest absolute Gasteiger partial charge is 0.439 e. The van der Waals surface area contributed by atoms with Crippen molar-refractivity contribution in [2.24, 2.45) is 0 Å². The number of nitrogens with zero attached hydrogens (tertiary/aromatic N) is 3. The molecule has 32 heavy (non-hydrogen) atoms. The molecule has 3 N–H and O–H groups in total. The average Bonchev–Trinajstić information content (AvgIpc) is 3.21. The van der Waals surface area contributed by atoms with Crippen molar-refractivity contribution >= 4 is 23.2 Å². The van der Waals surface area contributed by atoms with Crippen molar-refractivity contribution < 1.29 is 32.7 Å². The van der Waals surface area contributed by atoms with Gasteiger partial charge < -0.3 is 20.1 Å². The molecule has 1 aromatic carbocycles. The maximum absolute atomic E-state index is 14.0. The first-order valence-corrected chi connectivity index (χ1v) is 9.24. The minimum Gasteiger partial charge on any atom is -0.380 e. The predicted octanol–water partition coefficient (Wildman–Crippen LogP) is 0.434. The molecule has 0 unspecified atom stereocenters. The first kappa shape index (κ1) is 21.3. The topological polar surface area (TPSA) is 151 Å². The van der Waals surface area contributed by atoms with Gasteiger partial charge in [-0.2, -0.15) is 13.8 Å². The van der Waals surface area contributed by atoms with Gasteiger partial charge in [0, 0.05) is 17.8 Å². The smallest absolute Gasteiger partial charge is 0.380 e. The van der Waals surface area contributed by atoms with Crippen molar-refractivity contribution in [3.8, 4) is 11.4 Å². The van der Waals surface area contributed by atoms with Crippen LogP contribution in [0.5, 0.6) is 0 Å². The van der Waals surface area contributed by atoms with Gasteiger partial charge >= 0.3 is 5.76 Å². The van der Waals surface area contributed by atoms with Gasteiger partial charge in [-0.3, -0.25) is 19.1 Å². The van der Waals surface area contributed by atoms with E-state index in [0.29, 0.717) is 5.56 Å². The van der Waals surface area contributed by atoms with Gasteiger partial charge in [0.2, 0.25) is 11.9 Å². The monoisotopic (exact) mass is 447 g/mol. The number of aromatic nitrogens is 3. The Labute approximate surface area is 177 Å². The first-order valence-electron chi connectivity index (χ1n) is 9.24. The van der Waals surface area contributed by atoms with E-state index in [-0.39, 0.29) is 30.4 Å². The van der Waals surface area contributed by atoms with Crippen LogP contribution in [0.25, 0.3) is 11.4 Å². The Morgan fingerprint density at radius 1 is 1.22 bits per heavy atom. The molecule has 0 spiro atoms. The van der Waals surface area contributed by atoms with Crippen molar-refractivity contribution in [3.63, 3.8) is 0 Å². The van der Waals surface area contributed by atoms with Crippen LogP contribution in [0.4, 0.5) is 20.2 Å². The van der Waals surface area contributed by atoms with E-state index in [9.17, 15) is 28.3 Å². The molecule has 11 nitrogen and oxygen atoms in total. The summed E-state index contributed by atoms with van der Waals surface area (Å²) in [6.07, 6.45) is -3.51. The highest BCUT2D eigenvalue weighted by Crippen LogP contribution is 2.23. The molecule has 1 aliphatic rings. The number of ether oxygens (including phenoxy) is 1. The summed E-state index contributed by atoms with van der Waals surface area (Å²) in [7, 11) is 0. The van der Waals surface area contributed by atoms with Crippen LogP contribution in [0.3, 0.4) is 0 Å². The summed E-state index contributed by atoms with van der Waals surface area (Å²) in [6.45, 7) is -0.165. The van der Waals surface area contributed by atoms with Crippen molar-refractivity contribution in [2.45, 2.75) is 12.2 Å². The lowest BCUT2D eigenvalue weighted by atomic mass is 10.1. The molecule has 0 saturated carbocycles. The van der Waals surface area contributed by atoms with Crippen LogP contribution in [0.15, 0.2) is 45.7 Å². The van der Waals surface area contributed by atoms with Gasteiger partial charge in [0.15, 0.2) is 18.0 Å². The van der Waals surface area contributed by atoms with E-state index < -0.39 is 41.7 Å². The summed E-state index contributed by atoms with van der Waals surface area (Å²) in [4.78, 5) is 42.5. The third kappa shape index (κ3) is 4.24. The number of aliphatic hydroxyl groups excluding tert-OH is 1. The third-order valence-electron chi connectivity index (χ3n) is 4.63. The van der Waals surface area contributed by atoms with E-state index in [1.165, 1.54) is 24.3 Å². The fourth-order valence-electron chi connectivity index (χ4n) is 3.10. The number of hydrogen-bond acceptors (Lipinski definition) is 8. The lowest BCUT2D eigenvalue weighted by Crippen LogP contribution is -2.55. The minimum atomic E-state index is -1.91. The number of nitrogens with one attached hydrogen (secondary N) is 2. The zero-order valence-corrected chi connectivity index (χ0v) is 16.1. The molecule has 0 bridgehead atoms. The Kier molecular flexibility index (Phi) is 5.75.